The Labute approximate surface area is 337 Å². The molecule has 6 heterocycles. The Morgan fingerprint density at radius 2 is 1.47 bits per heavy atom. The molecule has 6 aliphatic heterocycles. The number of imide groups is 2. The van der Waals surface area contributed by atoms with Crippen LogP contribution >= 0.6 is 11.6 Å². The minimum absolute atomic E-state index is 0.0733. The average molecular weight is 788 g/mol. The topological polar surface area (TPSA) is 137 Å². The SMILES string of the molecule is C[C@@H]1N(c2ccc(C#N)c(Cl)c2)CCC12CCN(c1ccc(C(=O)N3CCC(CN4Cc5cc6c(cc5C4)C(=O)N(C4CCC(=O)NC4=O)C6=O)CC3)cc1)CC2. The number of amides is 5. The smallest absolute Gasteiger partial charge is 0.262 e. The van der Waals surface area contributed by atoms with Crippen molar-refractivity contribution >= 4 is 52.5 Å². The Morgan fingerprint density at radius 3 is 2.09 bits per heavy atom. The normalized spacial score (nSPS) is 23.6. The van der Waals surface area contributed by atoms with E-state index in [2.05, 4.69) is 45.1 Å². The van der Waals surface area contributed by atoms with Gasteiger partial charge in [-0.05, 0) is 123 Å². The van der Waals surface area contributed by atoms with Crippen LogP contribution in [0.15, 0.2) is 54.6 Å². The van der Waals surface area contributed by atoms with E-state index in [1.165, 1.54) is 0 Å². The van der Waals surface area contributed by atoms with E-state index in [4.69, 9.17) is 11.6 Å². The summed E-state index contributed by atoms with van der Waals surface area (Å²) in [7, 11) is 0. The van der Waals surface area contributed by atoms with Crippen LogP contribution in [0.1, 0.15) is 99.6 Å². The van der Waals surface area contributed by atoms with Crippen LogP contribution in [0.3, 0.4) is 0 Å². The van der Waals surface area contributed by atoms with Gasteiger partial charge in [-0.2, -0.15) is 5.26 Å². The summed E-state index contributed by atoms with van der Waals surface area (Å²) < 4.78 is 0. The number of anilines is 2. The van der Waals surface area contributed by atoms with Crippen molar-refractivity contribution in [2.75, 3.05) is 49.1 Å². The van der Waals surface area contributed by atoms with Crippen LogP contribution in [0.4, 0.5) is 11.4 Å². The second-order valence-electron chi connectivity index (χ2n) is 16.8. The van der Waals surface area contributed by atoms with E-state index in [1.54, 1.807) is 0 Å². The quantitative estimate of drug-likeness (QED) is 0.327. The van der Waals surface area contributed by atoms with Crippen LogP contribution in [0.5, 0.6) is 0 Å². The average Bonchev–Trinajstić information content (AvgIpc) is 3.84. The van der Waals surface area contributed by atoms with Crippen molar-refractivity contribution in [1.29, 1.82) is 5.26 Å². The molecule has 0 bridgehead atoms. The maximum atomic E-state index is 13.6. The van der Waals surface area contributed by atoms with Crippen molar-refractivity contribution in [3.05, 3.63) is 93.0 Å². The summed E-state index contributed by atoms with van der Waals surface area (Å²) >= 11 is 6.37. The minimum atomic E-state index is -0.968. The predicted molar refractivity (Wildman–Crippen MR) is 214 cm³/mol. The highest BCUT2D eigenvalue weighted by atomic mass is 35.5. The zero-order chi connectivity index (χ0) is 39.6. The number of hydrogen-bond donors (Lipinski definition) is 1. The van der Waals surface area contributed by atoms with Crippen molar-refractivity contribution < 1.29 is 24.0 Å². The second-order valence-corrected chi connectivity index (χ2v) is 17.2. The maximum Gasteiger partial charge on any atom is 0.262 e. The lowest BCUT2D eigenvalue weighted by atomic mass is 9.73. The van der Waals surface area contributed by atoms with Gasteiger partial charge in [0, 0.05) is 81.8 Å². The van der Waals surface area contributed by atoms with Crippen LogP contribution in [-0.2, 0) is 22.7 Å². The monoisotopic (exact) mass is 787 g/mol. The molecule has 1 spiro atoms. The number of benzene rings is 3. The molecule has 0 radical (unpaired) electrons. The number of rotatable bonds is 6. The molecule has 12 nitrogen and oxygen atoms in total. The van der Waals surface area contributed by atoms with Crippen molar-refractivity contribution in [2.45, 2.75) is 77.0 Å². The van der Waals surface area contributed by atoms with Crippen molar-refractivity contribution in [1.82, 2.24) is 20.0 Å². The first-order valence-corrected chi connectivity index (χ1v) is 20.6. The molecule has 6 aliphatic rings. The highest BCUT2D eigenvalue weighted by Gasteiger charge is 2.47. The summed E-state index contributed by atoms with van der Waals surface area (Å²) in [5.74, 6) is -1.44. The highest BCUT2D eigenvalue weighted by Crippen LogP contribution is 2.48. The van der Waals surface area contributed by atoms with Gasteiger partial charge >= 0.3 is 0 Å². The van der Waals surface area contributed by atoms with Gasteiger partial charge in [0.15, 0.2) is 0 Å². The number of likely N-dealkylation sites (tertiary alicyclic amines) is 1. The summed E-state index contributed by atoms with van der Waals surface area (Å²) in [5.41, 5.74) is 6.39. The second kappa shape index (κ2) is 14.6. The summed E-state index contributed by atoms with van der Waals surface area (Å²) in [5, 5.41) is 12.0. The third-order valence-corrected chi connectivity index (χ3v) is 14.1. The minimum Gasteiger partial charge on any atom is -0.371 e. The molecule has 3 aromatic carbocycles. The molecule has 57 heavy (non-hydrogen) atoms. The number of nitrogens with zero attached hydrogens (tertiary/aromatic N) is 6. The van der Waals surface area contributed by atoms with Crippen LogP contribution in [0.25, 0.3) is 0 Å². The first kappa shape index (κ1) is 37.3. The Kier molecular flexibility index (Phi) is 9.56. The molecule has 2 atom stereocenters. The van der Waals surface area contributed by atoms with E-state index in [9.17, 15) is 29.2 Å². The zero-order valence-electron chi connectivity index (χ0n) is 32.1. The van der Waals surface area contributed by atoms with E-state index in [0.717, 1.165) is 91.2 Å². The predicted octanol–water partition coefficient (Wildman–Crippen LogP) is 5.37. The molecule has 9 rings (SSSR count). The van der Waals surface area contributed by atoms with Gasteiger partial charge in [0.1, 0.15) is 12.1 Å². The third-order valence-electron chi connectivity index (χ3n) is 13.8. The van der Waals surface area contributed by atoms with Crippen molar-refractivity contribution in [3.8, 4) is 6.07 Å². The largest absolute Gasteiger partial charge is 0.371 e. The number of nitriles is 1. The number of hydrogen-bond acceptors (Lipinski definition) is 9. The maximum absolute atomic E-state index is 13.6. The van der Waals surface area contributed by atoms with Gasteiger partial charge in [-0.1, -0.05) is 11.6 Å². The standard InChI is InChI=1S/C44H46ClN7O5/c1-27-44(14-19-51(27)34-7-4-30(23-46)37(45)22-34)12-17-49(18-13-44)33-5-2-29(3-6-33)41(55)50-15-10-28(11-16-50)24-48-25-31-20-35-36(21-32(31)26-48)43(57)52(42(35)56)38-8-9-39(53)47-40(38)54/h2-7,20-22,27-28,38H,8-19,24-26H2,1H3,(H,47,53,54)/t27-,38?/m0/s1. The fraction of sp³-hybridized carbons (Fsp3) is 0.455. The molecule has 294 valence electrons. The third kappa shape index (κ3) is 6.64. The number of fused-ring (bicyclic) bond motifs is 2. The molecule has 3 aromatic rings. The lowest BCUT2D eigenvalue weighted by Gasteiger charge is -2.44. The molecular weight excluding hydrogens is 742 g/mol. The molecule has 0 aliphatic carbocycles. The molecule has 1 unspecified atom stereocenters. The zero-order valence-corrected chi connectivity index (χ0v) is 32.9. The van der Waals surface area contributed by atoms with E-state index < -0.39 is 29.7 Å². The summed E-state index contributed by atoms with van der Waals surface area (Å²) in [6.07, 6.45) is 5.39. The summed E-state index contributed by atoms with van der Waals surface area (Å²) in [6.45, 7) is 8.88. The van der Waals surface area contributed by atoms with E-state index in [1.807, 2.05) is 47.4 Å². The van der Waals surface area contributed by atoms with Crippen molar-refractivity contribution in [2.24, 2.45) is 11.3 Å². The van der Waals surface area contributed by atoms with Gasteiger partial charge in [0.25, 0.3) is 17.7 Å². The first-order chi connectivity index (χ1) is 27.5. The highest BCUT2D eigenvalue weighted by molar-refractivity contribution is 6.32. The molecule has 4 fully saturated rings. The van der Waals surface area contributed by atoms with Crippen LogP contribution in [0.2, 0.25) is 5.02 Å². The van der Waals surface area contributed by atoms with Gasteiger partial charge in [-0.3, -0.25) is 39.1 Å². The lowest BCUT2D eigenvalue weighted by Crippen LogP contribution is -2.54. The Bertz CT molecular complexity index is 2180. The number of carbonyl (C=O) groups excluding carboxylic acids is 5. The number of nitrogens with one attached hydrogen (secondary N) is 1. The van der Waals surface area contributed by atoms with Gasteiger partial charge in [-0.15, -0.1) is 0 Å². The Balaban J connectivity index is 0.747. The number of halogens is 1. The lowest BCUT2D eigenvalue weighted by molar-refractivity contribution is -0.136. The number of carbonyl (C=O) groups is 5. The summed E-state index contributed by atoms with van der Waals surface area (Å²) in [6, 6.07) is 19.1. The molecule has 4 saturated heterocycles. The van der Waals surface area contributed by atoms with E-state index >= 15 is 0 Å². The van der Waals surface area contributed by atoms with Gasteiger partial charge in [0.05, 0.1) is 21.7 Å². The van der Waals surface area contributed by atoms with Gasteiger partial charge < -0.3 is 14.7 Å². The Hall–Kier alpha value is -5.25. The fourth-order valence-electron chi connectivity index (χ4n) is 10.3. The number of piperidine rings is 3. The van der Waals surface area contributed by atoms with Crippen LogP contribution in [0, 0.1) is 22.7 Å². The van der Waals surface area contributed by atoms with E-state index in [-0.39, 0.29) is 24.2 Å². The van der Waals surface area contributed by atoms with Gasteiger partial charge in [-0.25, -0.2) is 0 Å². The fourth-order valence-corrected chi connectivity index (χ4v) is 10.5. The Morgan fingerprint density at radius 1 is 0.842 bits per heavy atom. The van der Waals surface area contributed by atoms with Crippen LogP contribution in [-0.4, -0.2) is 95.6 Å². The molecule has 13 heteroatoms. The van der Waals surface area contributed by atoms with E-state index in [0.29, 0.717) is 59.9 Å². The molecule has 0 aromatic heterocycles. The molecular formula is C44H46ClN7O5. The molecule has 0 saturated carbocycles. The summed E-state index contributed by atoms with van der Waals surface area (Å²) in [4.78, 5) is 74.5. The first-order valence-electron chi connectivity index (χ1n) is 20.2. The van der Waals surface area contributed by atoms with Crippen LogP contribution < -0.4 is 15.1 Å². The molecule has 5 amide bonds. The van der Waals surface area contributed by atoms with Crippen molar-refractivity contribution in [3.63, 3.8) is 0 Å². The van der Waals surface area contributed by atoms with Gasteiger partial charge in [0.2, 0.25) is 11.8 Å². The molecule has 1 N–H and O–H groups in total.